The number of hydrogen-bond acceptors (Lipinski definition) is 6. The van der Waals surface area contributed by atoms with Gasteiger partial charge >= 0.3 is 0 Å². The number of pyridine rings is 1. The van der Waals surface area contributed by atoms with E-state index in [0.717, 1.165) is 116 Å². The molecule has 0 spiro atoms. The summed E-state index contributed by atoms with van der Waals surface area (Å²) in [4.78, 5) is 20.9. The molecular formula is C57H34N6O2. The van der Waals surface area contributed by atoms with E-state index in [2.05, 4.69) is 112 Å². The minimum atomic E-state index is 0.365. The summed E-state index contributed by atoms with van der Waals surface area (Å²) in [7, 11) is 0. The first-order chi connectivity index (χ1) is 32.2. The van der Waals surface area contributed by atoms with Gasteiger partial charge in [-0.15, -0.1) is 0 Å². The van der Waals surface area contributed by atoms with Crippen molar-refractivity contribution in [2.75, 3.05) is 0 Å². The molecule has 0 N–H and O–H groups in total. The molecule has 0 aliphatic heterocycles. The number of benzene rings is 8. The molecule has 0 fully saturated rings. The highest BCUT2D eigenvalue weighted by Crippen LogP contribution is 2.41. The zero-order valence-electron chi connectivity index (χ0n) is 34.7. The minimum absolute atomic E-state index is 0.365. The molecule has 6 aromatic heterocycles. The fourth-order valence-electron chi connectivity index (χ4n) is 9.93. The van der Waals surface area contributed by atoms with E-state index in [0.29, 0.717) is 23.9 Å². The highest BCUT2D eigenvalue weighted by Gasteiger charge is 2.23. The Morgan fingerprint density at radius 3 is 1.42 bits per heavy atom. The van der Waals surface area contributed by atoms with E-state index >= 15 is 0 Å². The average molecular weight is 835 g/mol. The Morgan fingerprint density at radius 2 is 0.846 bits per heavy atom. The van der Waals surface area contributed by atoms with E-state index in [4.69, 9.17) is 28.8 Å². The van der Waals surface area contributed by atoms with Gasteiger partial charge < -0.3 is 13.4 Å². The van der Waals surface area contributed by atoms with Crippen LogP contribution in [0.2, 0.25) is 0 Å². The van der Waals surface area contributed by atoms with Crippen LogP contribution < -0.4 is 0 Å². The molecule has 14 rings (SSSR count). The summed E-state index contributed by atoms with van der Waals surface area (Å²) in [5, 5.41) is 8.89. The van der Waals surface area contributed by atoms with E-state index in [1.54, 1.807) is 0 Å². The van der Waals surface area contributed by atoms with Gasteiger partial charge in [-0.3, -0.25) is 4.57 Å². The van der Waals surface area contributed by atoms with Gasteiger partial charge in [0.2, 0.25) is 0 Å². The van der Waals surface area contributed by atoms with Crippen molar-refractivity contribution in [3.8, 4) is 34.3 Å². The van der Waals surface area contributed by atoms with Gasteiger partial charge in [-0.1, -0.05) is 133 Å². The van der Waals surface area contributed by atoms with Gasteiger partial charge in [0.15, 0.2) is 11.6 Å². The van der Waals surface area contributed by atoms with Crippen molar-refractivity contribution in [2.45, 2.75) is 6.42 Å². The molecule has 0 atom stereocenters. The molecule has 8 aromatic carbocycles. The van der Waals surface area contributed by atoms with Crippen LogP contribution in [0, 0.1) is 0 Å². The molecule has 6 heterocycles. The Kier molecular flexibility index (Phi) is 7.58. The number of para-hydroxylation sites is 4. The topological polar surface area (TPSA) is 87.7 Å². The number of hydrogen-bond donors (Lipinski definition) is 0. The molecule has 8 heteroatoms. The molecule has 0 saturated heterocycles. The van der Waals surface area contributed by atoms with E-state index in [1.807, 2.05) is 91.1 Å². The van der Waals surface area contributed by atoms with Crippen LogP contribution >= 0.6 is 0 Å². The first-order valence-electron chi connectivity index (χ1n) is 21.7. The van der Waals surface area contributed by atoms with Crippen LogP contribution in [0.15, 0.2) is 203 Å². The second kappa shape index (κ2) is 13.8. The summed E-state index contributed by atoms with van der Waals surface area (Å²) in [6.07, 6.45) is 2.36. The zero-order valence-corrected chi connectivity index (χ0v) is 34.7. The van der Waals surface area contributed by atoms with Crippen LogP contribution in [0.4, 0.5) is 0 Å². The van der Waals surface area contributed by atoms with Gasteiger partial charge in [0, 0.05) is 78.3 Å². The van der Waals surface area contributed by atoms with Gasteiger partial charge in [-0.05, 0) is 42.5 Å². The molecule has 0 saturated carbocycles. The Morgan fingerprint density at radius 1 is 0.369 bits per heavy atom. The van der Waals surface area contributed by atoms with Crippen molar-refractivity contribution in [3.05, 3.63) is 206 Å². The molecule has 14 aromatic rings. The minimum Gasteiger partial charge on any atom is -0.456 e. The van der Waals surface area contributed by atoms with Crippen molar-refractivity contribution in [1.29, 1.82) is 0 Å². The quantitative estimate of drug-likeness (QED) is 0.166. The number of aromatic nitrogens is 6. The number of nitrogens with zero attached hydrogens (tertiary/aromatic N) is 6. The highest BCUT2D eigenvalue weighted by molar-refractivity contribution is 6.19. The van der Waals surface area contributed by atoms with Crippen LogP contribution in [-0.2, 0) is 6.42 Å². The SMILES string of the molecule is c1ccc(-c2nc(Cc3cc(-n4c5ccccc5c5cc6c(cc54)oc4ccccc46)cnc3-n3c4ccccc4c4cc5c(cc43)oc3ccccc35)nc(-c3ccccc3)n2)cc1. The molecule has 304 valence electrons. The molecule has 0 aliphatic carbocycles. The lowest BCUT2D eigenvalue weighted by Gasteiger charge is -2.16. The van der Waals surface area contributed by atoms with Crippen LogP contribution in [0.3, 0.4) is 0 Å². The molecule has 65 heavy (non-hydrogen) atoms. The number of rotatable bonds is 6. The van der Waals surface area contributed by atoms with Crippen molar-refractivity contribution >= 4 is 87.5 Å². The van der Waals surface area contributed by atoms with Crippen LogP contribution in [0.1, 0.15) is 11.4 Å². The van der Waals surface area contributed by atoms with Crippen LogP contribution in [0.25, 0.3) is 122 Å². The van der Waals surface area contributed by atoms with Gasteiger partial charge in [0.05, 0.1) is 34.0 Å². The monoisotopic (exact) mass is 834 g/mol. The van der Waals surface area contributed by atoms with Gasteiger partial charge in [0.25, 0.3) is 0 Å². The molecular weight excluding hydrogens is 801 g/mol. The Hall–Kier alpha value is -8.88. The lowest BCUT2D eigenvalue weighted by atomic mass is 10.1. The molecule has 0 radical (unpaired) electrons. The lowest BCUT2D eigenvalue weighted by Crippen LogP contribution is -2.09. The average Bonchev–Trinajstić information content (AvgIpc) is 4.10. The van der Waals surface area contributed by atoms with Gasteiger partial charge in [-0.25, -0.2) is 19.9 Å². The van der Waals surface area contributed by atoms with Crippen molar-refractivity contribution in [1.82, 2.24) is 29.1 Å². The van der Waals surface area contributed by atoms with E-state index in [1.165, 1.54) is 0 Å². The van der Waals surface area contributed by atoms with Gasteiger partial charge in [0.1, 0.15) is 34.0 Å². The predicted octanol–water partition coefficient (Wildman–Crippen LogP) is 14.2. The third-order valence-electron chi connectivity index (χ3n) is 12.8. The Balaban J connectivity index is 1.05. The maximum absolute atomic E-state index is 6.51. The summed E-state index contributed by atoms with van der Waals surface area (Å²) >= 11 is 0. The largest absolute Gasteiger partial charge is 0.456 e. The molecule has 0 aliphatic rings. The summed E-state index contributed by atoms with van der Waals surface area (Å²) in [6, 6.07) is 65.0. The lowest BCUT2D eigenvalue weighted by molar-refractivity contribution is 0.669. The summed E-state index contributed by atoms with van der Waals surface area (Å²) in [5.41, 5.74) is 11.2. The molecule has 0 unspecified atom stereocenters. The van der Waals surface area contributed by atoms with Crippen LogP contribution in [0.5, 0.6) is 0 Å². The van der Waals surface area contributed by atoms with Crippen molar-refractivity contribution in [3.63, 3.8) is 0 Å². The number of furan rings is 2. The second-order valence-electron chi connectivity index (χ2n) is 16.6. The third-order valence-corrected chi connectivity index (χ3v) is 12.8. The molecule has 0 amide bonds. The summed E-state index contributed by atoms with van der Waals surface area (Å²) < 4.78 is 17.6. The maximum Gasteiger partial charge on any atom is 0.163 e. The van der Waals surface area contributed by atoms with E-state index in [9.17, 15) is 0 Å². The highest BCUT2D eigenvalue weighted by atomic mass is 16.3. The van der Waals surface area contributed by atoms with E-state index in [-0.39, 0.29) is 0 Å². The van der Waals surface area contributed by atoms with Crippen molar-refractivity contribution < 1.29 is 8.83 Å². The first kappa shape index (κ1) is 35.7. The summed E-state index contributed by atoms with van der Waals surface area (Å²) in [6.45, 7) is 0. The molecule has 8 nitrogen and oxygen atoms in total. The standard InChI is InChI=1S/C57H34N6O2/c1-3-15-34(16-4-1)55-59-54(60-56(61-55)35-17-5-2-6-18-35)28-36-27-37(62-46-23-11-7-19-38(46)42-29-44-40-21-9-13-25-50(40)64-52(44)31-48(42)62)33-58-57(36)63-47-24-12-8-20-39(47)43-30-45-41-22-10-14-26-51(41)65-53(45)32-49(43)63/h1-27,29-33H,28H2. The number of fused-ring (bicyclic) bond motifs is 12. The molecule has 0 bridgehead atoms. The van der Waals surface area contributed by atoms with Crippen LogP contribution in [-0.4, -0.2) is 29.1 Å². The predicted molar refractivity (Wildman–Crippen MR) is 261 cm³/mol. The van der Waals surface area contributed by atoms with Gasteiger partial charge in [-0.2, -0.15) is 0 Å². The second-order valence-corrected chi connectivity index (χ2v) is 16.6. The smallest absolute Gasteiger partial charge is 0.163 e. The fraction of sp³-hybridized carbons (Fsp3) is 0.0175. The normalized spacial score (nSPS) is 12.1. The third kappa shape index (κ3) is 5.50. The zero-order chi connectivity index (χ0) is 42.6. The Bertz CT molecular complexity index is 4160. The maximum atomic E-state index is 6.51. The first-order valence-corrected chi connectivity index (χ1v) is 21.7. The van der Waals surface area contributed by atoms with Crippen molar-refractivity contribution in [2.24, 2.45) is 0 Å². The summed E-state index contributed by atoms with van der Waals surface area (Å²) in [5.74, 6) is 2.63. The van der Waals surface area contributed by atoms with E-state index < -0.39 is 0 Å². The Labute approximate surface area is 370 Å². The fourth-order valence-corrected chi connectivity index (χ4v) is 9.93.